The molecule has 126 valence electrons. The van der Waals surface area contributed by atoms with Gasteiger partial charge < -0.3 is 5.32 Å². The summed E-state index contributed by atoms with van der Waals surface area (Å²) in [6.07, 6.45) is 3.49. The molecule has 1 saturated heterocycles. The molecule has 1 amide bonds. The fraction of sp³-hybridized carbons (Fsp3) is 0.100. The summed E-state index contributed by atoms with van der Waals surface area (Å²) >= 11 is 7.56. The number of nitrogens with one attached hydrogen (secondary N) is 1. The summed E-state index contributed by atoms with van der Waals surface area (Å²) in [4.78, 5) is 17.2. The third kappa shape index (κ3) is 4.62. The van der Waals surface area contributed by atoms with Crippen molar-refractivity contribution in [3.05, 3.63) is 81.2 Å². The molecule has 0 spiro atoms. The zero-order valence-electron chi connectivity index (χ0n) is 13.9. The van der Waals surface area contributed by atoms with Gasteiger partial charge in [-0.25, -0.2) is 4.99 Å². The van der Waals surface area contributed by atoms with Crippen molar-refractivity contribution in [2.75, 3.05) is 0 Å². The number of halogens is 1. The number of hydrogen-bond donors (Lipinski definition) is 1. The summed E-state index contributed by atoms with van der Waals surface area (Å²) in [6.45, 7) is 4.01. The Labute approximate surface area is 156 Å². The van der Waals surface area contributed by atoms with Crippen LogP contribution >= 0.6 is 23.4 Å². The Kier molecular flexibility index (Phi) is 5.41. The number of carbonyl (C=O) groups excluding carboxylic acids is 1. The molecule has 2 aromatic rings. The molecule has 2 aromatic carbocycles. The van der Waals surface area contributed by atoms with Gasteiger partial charge in [-0.1, -0.05) is 54.1 Å². The van der Waals surface area contributed by atoms with Crippen molar-refractivity contribution in [2.45, 2.75) is 13.8 Å². The van der Waals surface area contributed by atoms with Crippen LogP contribution in [0.15, 0.2) is 69.5 Å². The standard InChI is InChI=1S/C20H17ClN2OS/c1-13-8-9-14(2)17(10-13)22-20-23-19(24)18(25-20)12-16(21)11-15-6-4-3-5-7-15/h3-12H,1-2H3,(H,22,23,24)/b16-11-,18-12-. The highest BCUT2D eigenvalue weighted by Gasteiger charge is 2.24. The maximum atomic E-state index is 12.1. The average Bonchev–Trinajstić information content (AvgIpc) is 2.91. The van der Waals surface area contributed by atoms with Crippen molar-refractivity contribution in [3.63, 3.8) is 0 Å². The van der Waals surface area contributed by atoms with E-state index in [1.54, 1.807) is 6.08 Å². The molecule has 1 aliphatic rings. The first-order valence-electron chi connectivity index (χ1n) is 7.80. The van der Waals surface area contributed by atoms with E-state index in [-0.39, 0.29) is 5.91 Å². The fourth-order valence-corrected chi connectivity index (χ4v) is 3.43. The van der Waals surface area contributed by atoms with E-state index in [1.807, 2.05) is 68.5 Å². The van der Waals surface area contributed by atoms with E-state index in [0.29, 0.717) is 15.1 Å². The van der Waals surface area contributed by atoms with Crippen molar-refractivity contribution in [3.8, 4) is 0 Å². The summed E-state index contributed by atoms with van der Waals surface area (Å²) < 4.78 is 0. The lowest BCUT2D eigenvalue weighted by molar-refractivity contribution is -0.115. The molecule has 0 unspecified atom stereocenters. The van der Waals surface area contributed by atoms with E-state index in [0.717, 1.165) is 22.4 Å². The summed E-state index contributed by atoms with van der Waals surface area (Å²) in [5.41, 5.74) is 4.03. The number of aryl methyl sites for hydroxylation is 2. The van der Waals surface area contributed by atoms with E-state index in [2.05, 4.69) is 10.3 Å². The minimum Gasteiger partial charge on any atom is -0.300 e. The summed E-state index contributed by atoms with van der Waals surface area (Å²) in [6, 6.07) is 15.8. The molecule has 1 aliphatic heterocycles. The van der Waals surface area contributed by atoms with Gasteiger partial charge >= 0.3 is 0 Å². The van der Waals surface area contributed by atoms with Crippen molar-refractivity contribution < 1.29 is 4.79 Å². The molecule has 1 fully saturated rings. The summed E-state index contributed by atoms with van der Waals surface area (Å²) in [5, 5.41) is 3.85. The van der Waals surface area contributed by atoms with Crippen molar-refractivity contribution in [2.24, 2.45) is 4.99 Å². The Morgan fingerprint density at radius 2 is 1.92 bits per heavy atom. The number of thioether (sulfide) groups is 1. The highest BCUT2D eigenvalue weighted by atomic mass is 35.5. The molecular weight excluding hydrogens is 352 g/mol. The normalized spacial score (nSPS) is 18.0. The van der Waals surface area contributed by atoms with Gasteiger partial charge in [0.25, 0.3) is 5.91 Å². The van der Waals surface area contributed by atoms with Gasteiger partial charge in [0, 0.05) is 5.03 Å². The van der Waals surface area contributed by atoms with Gasteiger partial charge in [0.2, 0.25) is 0 Å². The van der Waals surface area contributed by atoms with Crippen LogP contribution in [0.5, 0.6) is 0 Å². The van der Waals surface area contributed by atoms with Crippen LogP contribution in [-0.2, 0) is 4.79 Å². The number of benzene rings is 2. The van der Waals surface area contributed by atoms with Gasteiger partial charge in [-0.2, -0.15) is 0 Å². The van der Waals surface area contributed by atoms with E-state index in [4.69, 9.17) is 11.6 Å². The number of allylic oxidation sites excluding steroid dienone is 2. The third-order valence-electron chi connectivity index (χ3n) is 3.61. The third-order valence-corrected chi connectivity index (χ3v) is 4.74. The molecule has 1 heterocycles. The van der Waals surface area contributed by atoms with E-state index in [9.17, 15) is 4.79 Å². The molecule has 0 atom stereocenters. The van der Waals surface area contributed by atoms with E-state index < -0.39 is 0 Å². The van der Waals surface area contributed by atoms with Gasteiger partial charge in [-0.05, 0) is 60.5 Å². The van der Waals surface area contributed by atoms with Crippen LogP contribution in [0.25, 0.3) is 6.08 Å². The van der Waals surface area contributed by atoms with Crippen LogP contribution in [0.4, 0.5) is 5.69 Å². The Morgan fingerprint density at radius 3 is 2.68 bits per heavy atom. The first-order valence-corrected chi connectivity index (χ1v) is 9.00. The minimum atomic E-state index is -0.186. The van der Waals surface area contributed by atoms with Gasteiger partial charge in [-0.3, -0.25) is 4.79 Å². The van der Waals surface area contributed by atoms with Gasteiger partial charge in [0.05, 0.1) is 10.6 Å². The van der Waals surface area contributed by atoms with Gasteiger partial charge in [0.1, 0.15) is 0 Å². The van der Waals surface area contributed by atoms with Crippen molar-refractivity contribution in [1.29, 1.82) is 0 Å². The summed E-state index contributed by atoms with van der Waals surface area (Å²) in [5.74, 6) is -0.186. The van der Waals surface area contributed by atoms with Crippen LogP contribution in [0.1, 0.15) is 16.7 Å². The highest BCUT2D eigenvalue weighted by molar-refractivity contribution is 8.18. The first kappa shape index (κ1) is 17.5. The second-order valence-corrected chi connectivity index (χ2v) is 7.18. The van der Waals surface area contributed by atoms with Crippen LogP contribution in [0.3, 0.4) is 0 Å². The van der Waals surface area contributed by atoms with E-state index >= 15 is 0 Å². The maximum absolute atomic E-state index is 12.1. The SMILES string of the molecule is Cc1ccc(C)c(N=C2NC(=O)/C(=C/C(Cl)=C/c3ccccc3)S2)c1. The van der Waals surface area contributed by atoms with Gasteiger partial charge in [0.15, 0.2) is 5.17 Å². The Balaban J connectivity index is 1.81. The quantitative estimate of drug-likeness (QED) is 0.745. The molecule has 3 nitrogen and oxygen atoms in total. The molecular formula is C20H17ClN2OS. The highest BCUT2D eigenvalue weighted by Crippen LogP contribution is 2.29. The molecule has 3 rings (SSSR count). The van der Waals surface area contributed by atoms with Crippen LogP contribution < -0.4 is 5.32 Å². The van der Waals surface area contributed by atoms with Gasteiger partial charge in [-0.15, -0.1) is 0 Å². The lowest BCUT2D eigenvalue weighted by atomic mass is 10.1. The lowest BCUT2D eigenvalue weighted by Crippen LogP contribution is -2.19. The minimum absolute atomic E-state index is 0.186. The summed E-state index contributed by atoms with van der Waals surface area (Å²) in [7, 11) is 0. The molecule has 0 bridgehead atoms. The largest absolute Gasteiger partial charge is 0.300 e. The second kappa shape index (κ2) is 7.72. The number of amides is 1. The van der Waals surface area contributed by atoms with E-state index in [1.165, 1.54) is 11.8 Å². The first-order chi connectivity index (χ1) is 12.0. The molecule has 1 N–H and O–H groups in total. The predicted molar refractivity (Wildman–Crippen MR) is 107 cm³/mol. The van der Waals surface area contributed by atoms with Crippen LogP contribution in [-0.4, -0.2) is 11.1 Å². The number of rotatable bonds is 3. The lowest BCUT2D eigenvalue weighted by Gasteiger charge is -2.02. The van der Waals surface area contributed by atoms with Crippen molar-refractivity contribution >= 4 is 46.2 Å². The van der Waals surface area contributed by atoms with Crippen molar-refractivity contribution in [1.82, 2.24) is 5.32 Å². The topological polar surface area (TPSA) is 41.5 Å². The number of carbonyl (C=O) groups is 1. The monoisotopic (exact) mass is 368 g/mol. The zero-order chi connectivity index (χ0) is 17.8. The molecule has 0 aromatic heterocycles. The Hall–Kier alpha value is -2.30. The number of hydrogen-bond acceptors (Lipinski definition) is 3. The van der Waals surface area contributed by atoms with Crippen LogP contribution in [0, 0.1) is 13.8 Å². The molecule has 25 heavy (non-hydrogen) atoms. The number of aliphatic imine (C=N–C) groups is 1. The molecule has 0 radical (unpaired) electrons. The molecule has 0 saturated carbocycles. The smallest absolute Gasteiger partial charge is 0.264 e. The predicted octanol–water partition coefficient (Wildman–Crippen LogP) is 5.32. The maximum Gasteiger partial charge on any atom is 0.264 e. The Bertz CT molecular complexity index is 901. The molecule has 0 aliphatic carbocycles. The number of amidine groups is 1. The molecule has 5 heteroatoms. The fourth-order valence-electron chi connectivity index (χ4n) is 2.31. The second-order valence-electron chi connectivity index (χ2n) is 5.71. The zero-order valence-corrected chi connectivity index (χ0v) is 15.5. The Morgan fingerprint density at radius 1 is 1.16 bits per heavy atom. The van der Waals surface area contributed by atoms with Crippen LogP contribution in [0.2, 0.25) is 0 Å². The average molecular weight is 369 g/mol. The number of nitrogens with zero attached hydrogens (tertiary/aromatic N) is 1.